The minimum absolute atomic E-state index is 0.0562. The molecule has 0 aliphatic carbocycles. The fourth-order valence-corrected chi connectivity index (χ4v) is 2.36. The van der Waals surface area contributed by atoms with E-state index in [1.165, 1.54) is 0 Å². The summed E-state index contributed by atoms with van der Waals surface area (Å²) in [6.07, 6.45) is -3.58. The Bertz CT molecular complexity index is 660. The van der Waals surface area contributed by atoms with E-state index in [4.69, 9.17) is 4.74 Å². The Morgan fingerprint density at radius 1 is 1.41 bits per heavy atom. The van der Waals surface area contributed by atoms with Crippen LogP contribution >= 0.6 is 31.9 Å². The molecular weight excluding hydrogens is 430 g/mol. The number of halogens is 2. The van der Waals surface area contributed by atoms with Crippen molar-refractivity contribution in [2.75, 3.05) is 6.54 Å². The van der Waals surface area contributed by atoms with Crippen molar-refractivity contribution >= 4 is 37.8 Å². The first-order valence-corrected chi connectivity index (χ1v) is 8.03. The lowest BCUT2D eigenvalue weighted by molar-refractivity contribution is -0.120. The van der Waals surface area contributed by atoms with Crippen LogP contribution in [0.3, 0.4) is 0 Å². The quantitative estimate of drug-likeness (QED) is 0.414. The number of H-pyrrole nitrogens is 1. The first kappa shape index (κ1) is 17.3. The van der Waals surface area contributed by atoms with Crippen molar-refractivity contribution in [3.8, 4) is 0 Å². The number of aliphatic hydroxyl groups is 2. The number of aromatic amines is 1. The smallest absolute Gasteiger partial charge is 0.330 e. The van der Waals surface area contributed by atoms with E-state index in [0.29, 0.717) is 0 Å². The monoisotopic (exact) mass is 441 g/mol. The highest BCUT2D eigenvalue weighted by molar-refractivity contribution is 9.25. The molecule has 122 valence electrons. The molecule has 9 nitrogen and oxygen atoms in total. The van der Waals surface area contributed by atoms with Gasteiger partial charge in [0.1, 0.15) is 22.0 Å². The van der Waals surface area contributed by atoms with E-state index < -0.39 is 39.5 Å². The van der Waals surface area contributed by atoms with E-state index in [9.17, 15) is 24.6 Å². The Morgan fingerprint density at radius 2 is 2.09 bits per heavy atom. The van der Waals surface area contributed by atoms with Crippen LogP contribution in [0.5, 0.6) is 0 Å². The fourth-order valence-electron chi connectivity index (χ4n) is 2.03. The normalized spacial score (nSPS) is 28.0. The zero-order valence-electron chi connectivity index (χ0n) is 11.0. The minimum Gasteiger partial charge on any atom is -0.387 e. The molecule has 22 heavy (non-hydrogen) atoms. The van der Waals surface area contributed by atoms with Crippen LogP contribution < -0.4 is 16.6 Å². The molecule has 0 spiro atoms. The maximum Gasteiger partial charge on any atom is 0.330 e. The Balaban J connectivity index is 2.11. The number of aromatic nitrogens is 2. The van der Waals surface area contributed by atoms with Gasteiger partial charge in [0.2, 0.25) is 5.91 Å². The summed E-state index contributed by atoms with van der Waals surface area (Å²) in [5.74, 6) is -0.380. The fraction of sp³-hybridized carbons (Fsp3) is 0.545. The molecule has 0 aromatic carbocycles. The molecule has 1 aromatic heterocycles. The number of ether oxygens (including phenoxy) is 1. The molecule has 0 unspecified atom stereocenters. The highest BCUT2D eigenvalue weighted by Gasteiger charge is 2.44. The largest absolute Gasteiger partial charge is 0.387 e. The summed E-state index contributed by atoms with van der Waals surface area (Å²) in [7, 11) is 0. The second-order valence-electron chi connectivity index (χ2n) is 4.61. The maximum absolute atomic E-state index is 11.7. The van der Waals surface area contributed by atoms with Crippen molar-refractivity contribution in [1.82, 2.24) is 14.9 Å². The summed E-state index contributed by atoms with van der Waals surface area (Å²) >= 11 is 6.03. The summed E-state index contributed by atoms with van der Waals surface area (Å²) in [6.45, 7) is -0.0562. The summed E-state index contributed by atoms with van der Waals surface area (Å²) < 4.78 is 5.79. The Kier molecular flexibility index (Phi) is 5.55. The highest BCUT2D eigenvalue weighted by Crippen LogP contribution is 2.27. The van der Waals surface area contributed by atoms with Gasteiger partial charge in [0.25, 0.3) is 5.56 Å². The van der Waals surface area contributed by atoms with E-state index in [1.807, 2.05) is 4.98 Å². The van der Waals surface area contributed by atoms with E-state index in [1.54, 1.807) is 0 Å². The molecular formula is C11H13Br2N3O6. The van der Waals surface area contributed by atoms with Crippen molar-refractivity contribution in [2.24, 2.45) is 0 Å². The van der Waals surface area contributed by atoms with Crippen LogP contribution in [0.4, 0.5) is 0 Å². The third-order valence-electron chi connectivity index (χ3n) is 3.14. The van der Waals surface area contributed by atoms with Crippen LogP contribution in [-0.4, -0.2) is 54.3 Å². The lowest BCUT2D eigenvalue weighted by Gasteiger charge is -2.16. The standard InChI is InChI=1S/C11H13Br2N3O6/c12-8(13)9(20)14-3-4-6(18)7(19)10(22-4)16-2-1-5(17)15-11(16)21/h1-2,4,6-8,10,18-19H,3H2,(H,14,20)(H,15,17,21)/t4-,6-,7+,10-/m1/s1. The van der Waals surface area contributed by atoms with Gasteiger partial charge in [-0.2, -0.15) is 0 Å². The molecule has 1 amide bonds. The van der Waals surface area contributed by atoms with Crippen LogP contribution in [0, 0.1) is 0 Å². The third-order valence-corrected chi connectivity index (χ3v) is 3.97. The topological polar surface area (TPSA) is 134 Å². The zero-order valence-corrected chi connectivity index (χ0v) is 14.2. The molecule has 4 atom stereocenters. The minimum atomic E-state index is -1.38. The van der Waals surface area contributed by atoms with Gasteiger partial charge in [-0.25, -0.2) is 4.79 Å². The van der Waals surface area contributed by atoms with Crippen molar-refractivity contribution < 1.29 is 19.7 Å². The second kappa shape index (κ2) is 7.04. The average molecular weight is 443 g/mol. The molecule has 1 aliphatic rings. The second-order valence-corrected chi connectivity index (χ2v) is 7.67. The molecule has 2 rings (SSSR count). The number of aliphatic hydroxyl groups excluding tert-OH is 2. The van der Waals surface area contributed by atoms with Gasteiger partial charge in [-0.1, -0.05) is 31.9 Å². The van der Waals surface area contributed by atoms with Crippen molar-refractivity contribution in [3.05, 3.63) is 33.1 Å². The van der Waals surface area contributed by atoms with Gasteiger partial charge >= 0.3 is 5.69 Å². The first-order chi connectivity index (χ1) is 10.3. The number of carbonyl (C=O) groups is 1. The number of alkyl halides is 2. The molecule has 1 aliphatic heterocycles. The number of hydrogen-bond acceptors (Lipinski definition) is 6. The van der Waals surface area contributed by atoms with Gasteiger partial charge in [-0.15, -0.1) is 0 Å². The Labute approximate surface area is 140 Å². The van der Waals surface area contributed by atoms with Gasteiger partial charge in [0.05, 0.1) is 0 Å². The van der Waals surface area contributed by atoms with E-state index in [0.717, 1.165) is 16.8 Å². The van der Waals surface area contributed by atoms with Crippen molar-refractivity contribution in [1.29, 1.82) is 0 Å². The number of amides is 1. The summed E-state index contributed by atoms with van der Waals surface area (Å²) in [4.78, 5) is 36.2. The van der Waals surface area contributed by atoms with Gasteiger partial charge < -0.3 is 20.3 Å². The van der Waals surface area contributed by atoms with E-state index in [2.05, 4.69) is 37.2 Å². The highest BCUT2D eigenvalue weighted by atomic mass is 79.9. The van der Waals surface area contributed by atoms with E-state index in [-0.39, 0.29) is 12.5 Å². The molecule has 11 heteroatoms. The molecule has 0 radical (unpaired) electrons. The summed E-state index contributed by atoms with van der Waals surface area (Å²) in [5, 5.41) is 22.4. The third kappa shape index (κ3) is 3.66. The predicted octanol–water partition coefficient (Wildman–Crippen LogP) is -1.61. The van der Waals surface area contributed by atoms with Crippen molar-refractivity contribution in [2.45, 2.75) is 28.3 Å². The van der Waals surface area contributed by atoms with Gasteiger partial charge in [-0.05, 0) is 0 Å². The first-order valence-electron chi connectivity index (χ1n) is 6.20. The lowest BCUT2D eigenvalue weighted by Crippen LogP contribution is -2.41. The molecule has 0 bridgehead atoms. The number of rotatable bonds is 4. The molecule has 1 saturated heterocycles. The molecule has 1 fully saturated rings. The predicted molar refractivity (Wildman–Crippen MR) is 81.9 cm³/mol. The molecule has 2 heterocycles. The van der Waals surface area contributed by atoms with Crippen LogP contribution in [-0.2, 0) is 9.53 Å². The van der Waals surface area contributed by atoms with Gasteiger partial charge in [-0.3, -0.25) is 19.1 Å². The van der Waals surface area contributed by atoms with Crippen molar-refractivity contribution in [3.63, 3.8) is 0 Å². The molecule has 4 N–H and O–H groups in total. The maximum atomic E-state index is 11.7. The Hall–Kier alpha value is -1.01. The summed E-state index contributed by atoms with van der Waals surface area (Å²) in [5.41, 5.74) is -1.35. The number of nitrogens with one attached hydrogen (secondary N) is 2. The summed E-state index contributed by atoms with van der Waals surface area (Å²) in [6, 6.07) is 1.10. The van der Waals surface area contributed by atoms with Gasteiger partial charge in [0.15, 0.2) is 6.23 Å². The van der Waals surface area contributed by atoms with Crippen LogP contribution in [0.2, 0.25) is 0 Å². The van der Waals surface area contributed by atoms with Crippen LogP contribution in [0.15, 0.2) is 21.9 Å². The van der Waals surface area contributed by atoms with E-state index >= 15 is 0 Å². The van der Waals surface area contributed by atoms with Crippen LogP contribution in [0.1, 0.15) is 6.23 Å². The Morgan fingerprint density at radius 3 is 2.68 bits per heavy atom. The number of hydrogen-bond donors (Lipinski definition) is 4. The number of nitrogens with zero attached hydrogens (tertiary/aromatic N) is 1. The number of carbonyl (C=O) groups excluding carboxylic acids is 1. The lowest BCUT2D eigenvalue weighted by atomic mass is 10.1. The molecule has 1 aromatic rings. The van der Waals surface area contributed by atoms with Crippen LogP contribution in [0.25, 0.3) is 0 Å². The van der Waals surface area contributed by atoms with Gasteiger partial charge in [0, 0.05) is 18.8 Å². The molecule has 0 saturated carbocycles. The SMILES string of the molecule is O=C(NC[C@H]1O[C@@H](n2ccc(=O)[nH]c2=O)[C@@H](O)[C@@H]1O)C(Br)Br. The average Bonchev–Trinajstić information content (AvgIpc) is 2.73. The zero-order chi connectivity index (χ0) is 16.4.